The van der Waals surface area contributed by atoms with Crippen molar-refractivity contribution in [3.8, 4) is 0 Å². The molecule has 0 spiro atoms. The average molecular weight is 425 g/mol. The Morgan fingerprint density at radius 3 is 2.66 bits per heavy atom. The van der Waals surface area contributed by atoms with Crippen LogP contribution >= 0.6 is 23.1 Å². The number of anilines is 2. The molecule has 3 aromatic rings. The highest BCUT2D eigenvalue weighted by Gasteiger charge is 2.16. The third kappa shape index (κ3) is 5.18. The molecule has 1 aliphatic heterocycles. The van der Waals surface area contributed by atoms with E-state index in [0.29, 0.717) is 11.3 Å². The number of hydrogen-bond acceptors (Lipinski definition) is 6. The summed E-state index contributed by atoms with van der Waals surface area (Å²) in [7, 11) is 2.14. The first-order valence-corrected chi connectivity index (χ1v) is 11.5. The summed E-state index contributed by atoms with van der Waals surface area (Å²) >= 11 is 3.42. The van der Waals surface area contributed by atoms with Crippen molar-refractivity contribution in [1.82, 2.24) is 9.88 Å². The molecule has 0 aliphatic carbocycles. The molecule has 29 heavy (non-hydrogen) atoms. The summed E-state index contributed by atoms with van der Waals surface area (Å²) in [5.41, 5.74) is 1.41. The number of rotatable bonds is 6. The number of amides is 1. The highest BCUT2D eigenvalue weighted by Crippen LogP contribution is 2.28. The lowest BCUT2D eigenvalue weighted by atomic mass is 10.2. The van der Waals surface area contributed by atoms with Crippen molar-refractivity contribution in [2.45, 2.75) is 10.6 Å². The third-order valence-corrected chi connectivity index (χ3v) is 7.10. The molecule has 4 rings (SSSR count). The minimum atomic E-state index is -0.103. The summed E-state index contributed by atoms with van der Waals surface area (Å²) < 4.78 is 0. The van der Waals surface area contributed by atoms with Crippen LogP contribution in [0.2, 0.25) is 0 Å². The van der Waals surface area contributed by atoms with Gasteiger partial charge >= 0.3 is 0 Å². The molecule has 1 aliphatic rings. The average Bonchev–Trinajstić information content (AvgIpc) is 3.27. The lowest BCUT2D eigenvalue weighted by Crippen LogP contribution is -2.44. The van der Waals surface area contributed by atoms with Gasteiger partial charge in [0, 0.05) is 41.7 Å². The van der Waals surface area contributed by atoms with Gasteiger partial charge in [-0.2, -0.15) is 0 Å². The third-order valence-electron chi connectivity index (χ3n) is 4.91. The molecule has 150 valence electrons. The fraction of sp³-hybridized carbons (Fsp3) is 0.273. The standard InChI is InChI=1S/C22H24N4OS2/c1-25-10-12-26(13-11-25)21-9-8-17(15-23-21)24-22(27)19-6-2-3-7-20(19)29-16-18-5-4-14-28-18/h2-9,14-15H,10-13,16H2,1H3,(H,24,27). The fourth-order valence-corrected chi connectivity index (χ4v) is 5.03. The summed E-state index contributed by atoms with van der Waals surface area (Å²) in [5.74, 6) is 1.72. The van der Waals surface area contributed by atoms with Crippen molar-refractivity contribution in [2.24, 2.45) is 0 Å². The number of nitrogens with zero attached hydrogens (tertiary/aromatic N) is 3. The largest absolute Gasteiger partial charge is 0.354 e. The summed E-state index contributed by atoms with van der Waals surface area (Å²) in [4.78, 5) is 24.3. The molecule has 7 heteroatoms. The lowest BCUT2D eigenvalue weighted by Gasteiger charge is -2.33. The molecule has 0 radical (unpaired) electrons. The van der Waals surface area contributed by atoms with Crippen molar-refractivity contribution in [2.75, 3.05) is 43.4 Å². The van der Waals surface area contributed by atoms with E-state index >= 15 is 0 Å². The Labute approximate surface area is 179 Å². The van der Waals surface area contributed by atoms with Crippen molar-refractivity contribution < 1.29 is 4.79 Å². The van der Waals surface area contributed by atoms with Crippen LogP contribution in [0.1, 0.15) is 15.2 Å². The van der Waals surface area contributed by atoms with E-state index in [2.05, 4.69) is 44.7 Å². The molecule has 1 N–H and O–H groups in total. The maximum absolute atomic E-state index is 12.9. The first kappa shape index (κ1) is 19.9. The minimum Gasteiger partial charge on any atom is -0.354 e. The molecule has 2 aromatic heterocycles. The van der Waals surface area contributed by atoms with Crippen LogP contribution in [0, 0.1) is 0 Å². The second-order valence-electron chi connectivity index (χ2n) is 7.01. The molecule has 0 saturated carbocycles. The van der Waals surface area contributed by atoms with Crippen molar-refractivity contribution >= 4 is 40.5 Å². The zero-order valence-electron chi connectivity index (χ0n) is 16.4. The van der Waals surface area contributed by atoms with Crippen LogP contribution in [0.3, 0.4) is 0 Å². The van der Waals surface area contributed by atoms with Gasteiger partial charge in [0.25, 0.3) is 5.91 Å². The van der Waals surface area contributed by atoms with E-state index < -0.39 is 0 Å². The number of carbonyl (C=O) groups excluding carboxylic acids is 1. The summed E-state index contributed by atoms with van der Waals surface area (Å²) in [6, 6.07) is 15.8. The van der Waals surface area contributed by atoms with Gasteiger partial charge < -0.3 is 15.1 Å². The number of likely N-dealkylation sites (N-methyl/N-ethyl adjacent to an activating group) is 1. The maximum Gasteiger partial charge on any atom is 0.256 e. The van der Waals surface area contributed by atoms with Crippen LogP contribution in [-0.4, -0.2) is 49.0 Å². The first-order chi connectivity index (χ1) is 14.2. The molecule has 5 nitrogen and oxygen atoms in total. The van der Waals surface area contributed by atoms with Gasteiger partial charge in [-0.25, -0.2) is 4.98 Å². The second kappa shape index (κ2) is 9.43. The Morgan fingerprint density at radius 1 is 1.10 bits per heavy atom. The van der Waals surface area contributed by atoms with Gasteiger partial charge in [-0.1, -0.05) is 18.2 Å². The van der Waals surface area contributed by atoms with E-state index in [4.69, 9.17) is 0 Å². The molecule has 1 fully saturated rings. The number of carbonyl (C=O) groups is 1. The van der Waals surface area contributed by atoms with E-state index in [1.165, 1.54) is 4.88 Å². The van der Waals surface area contributed by atoms with Crippen molar-refractivity contribution in [1.29, 1.82) is 0 Å². The molecule has 3 heterocycles. The topological polar surface area (TPSA) is 48.5 Å². The van der Waals surface area contributed by atoms with Gasteiger partial charge in [0.15, 0.2) is 0 Å². The number of nitrogens with one attached hydrogen (secondary N) is 1. The quantitative estimate of drug-likeness (QED) is 0.593. The summed E-state index contributed by atoms with van der Waals surface area (Å²) in [6.07, 6.45) is 1.74. The number of aromatic nitrogens is 1. The Kier molecular flexibility index (Phi) is 6.49. The van der Waals surface area contributed by atoms with E-state index in [1.54, 1.807) is 29.3 Å². The normalized spacial score (nSPS) is 14.7. The first-order valence-electron chi connectivity index (χ1n) is 9.64. The maximum atomic E-state index is 12.9. The lowest BCUT2D eigenvalue weighted by molar-refractivity contribution is 0.102. The molecule has 0 bridgehead atoms. The number of benzene rings is 1. The summed E-state index contributed by atoms with van der Waals surface area (Å²) in [5, 5.41) is 5.07. The number of hydrogen-bond donors (Lipinski definition) is 1. The molecular weight excluding hydrogens is 400 g/mol. The number of piperazine rings is 1. The van der Waals surface area contributed by atoms with Crippen LogP contribution in [-0.2, 0) is 5.75 Å². The van der Waals surface area contributed by atoms with Gasteiger partial charge in [-0.05, 0) is 42.8 Å². The zero-order valence-corrected chi connectivity index (χ0v) is 18.0. The Bertz CT molecular complexity index is 936. The van der Waals surface area contributed by atoms with Crippen LogP contribution in [0.25, 0.3) is 0 Å². The van der Waals surface area contributed by atoms with Crippen LogP contribution < -0.4 is 10.2 Å². The number of pyridine rings is 1. The number of thioether (sulfide) groups is 1. The van der Waals surface area contributed by atoms with E-state index in [-0.39, 0.29) is 5.91 Å². The predicted molar refractivity (Wildman–Crippen MR) is 122 cm³/mol. The van der Waals surface area contributed by atoms with Gasteiger partial charge in [0.1, 0.15) is 5.82 Å². The zero-order chi connectivity index (χ0) is 20.1. The second-order valence-corrected chi connectivity index (χ2v) is 9.06. The molecule has 0 atom stereocenters. The van der Waals surface area contributed by atoms with Gasteiger partial charge in [0.05, 0.1) is 17.4 Å². The van der Waals surface area contributed by atoms with Gasteiger partial charge in [-0.3, -0.25) is 4.79 Å². The SMILES string of the molecule is CN1CCN(c2ccc(NC(=O)c3ccccc3SCc3cccs3)cn2)CC1. The van der Waals surface area contributed by atoms with Crippen molar-refractivity contribution in [3.63, 3.8) is 0 Å². The highest BCUT2D eigenvalue weighted by atomic mass is 32.2. The molecule has 1 amide bonds. The smallest absolute Gasteiger partial charge is 0.256 e. The highest BCUT2D eigenvalue weighted by molar-refractivity contribution is 7.98. The van der Waals surface area contributed by atoms with E-state index in [0.717, 1.165) is 42.6 Å². The molecular formula is C22H24N4OS2. The molecule has 1 aromatic carbocycles. The van der Waals surface area contributed by atoms with Gasteiger partial charge in [0.2, 0.25) is 0 Å². The Balaban J connectivity index is 1.40. The summed E-state index contributed by atoms with van der Waals surface area (Å²) in [6.45, 7) is 4.04. The van der Waals surface area contributed by atoms with E-state index in [9.17, 15) is 4.79 Å². The molecule has 0 unspecified atom stereocenters. The number of thiophene rings is 1. The van der Waals surface area contributed by atoms with E-state index in [1.807, 2.05) is 36.4 Å². The van der Waals surface area contributed by atoms with Crippen LogP contribution in [0.15, 0.2) is 65.0 Å². The minimum absolute atomic E-state index is 0.103. The predicted octanol–water partition coefficient (Wildman–Crippen LogP) is 4.44. The monoisotopic (exact) mass is 424 g/mol. The van der Waals surface area contributed by atoms with Crippen LogP contribution in [0.5, 0.6) is 0 Å². The Morgan fingerprint density at radius 2 is 1.93 bits per heavy atom. The van der Waals surface area contributed by atoms with Crippen molar-refractivity contribution in [3.05, 3.63) is 70.5 Å². The molecule has 1 saturated heterocycles. The Hall–Kier alpha value is -2.35. The fourth-order valence-electron chi connectivity index (χ4n) is 3.20. The van der Waals surface area contributed by atoms with Gasteiger partial charge in [-0.15, -0.1) is 23.1 Å². The van der Waals surface area contributed by atoms with Crippen LogP contribution in [0.4, 0.5) is 11.5 Å².